The highest BCUT2D eigenvalue weighted by atomic mass is 35.5. The van der Waals surface area contributed by atoms with Gasteiger partial charge in [0.2, 0.25) is 0 Å². The van der Waals surface area contributed by atoms with Crippen LogP contribution in [0.15, 0.2) is 47.6 Å². The molecule has 30 heavy (non-hydrogen) atoms. The third-order valence-electron chi connectivity index (χ3n) is 4.63. The molecular weight excluding hydrogens is 409 g/mol. The van der Waals surface area contributed by atoms with Crippen LogP contribution in [-0.4, -0.2) is 61.0 Å². The summed E-state index contributed by atoms with van der Waals surface area (Å²) in [5.74, 6) is 1.60. The summed E-state index contributed by atoms with van der Waals surface area (Å²) >= 11 is 6.25. The van der Waals surface area contributed by atoms with Gasteiger partial charge in [-0.05, 0) is 49.7 Å². The average molecular weight is 436 g/mol. The van der Waals surface area contributed by atoms with Crippen LogP contribution in [0.3, 0.4) is 0 Å². The number of hydrogen-bond donors (Lipinski definition) is 3. The Bertz CT molecular complexity index is 836. The number of nitrogens with one attached hydrogen (secondary N) is 2. The minimum absolute atomic E-state index is 0.0733. The Hall–Kier alpha value is -2.58. The maximum Gasteiger partial charge on any atom is 0.191 e. The smallest absolute Gasteiger partial charge is 0.191 e. The first-order chi connectivity index (χ1) is 14.5. The Morgan fingerprint density at radius 3 is 2.93 bits per heavy atom. The van der Waals surface area contributed by atoms with Gasteiger partial charge < -0.3 is 25.4 Å². The number of aliphatic hydroxyl groups excluding tert-OH is 1. The van der Waals surface area contributed by atoms with Gasteiger partial charge in [0, 0.05) is 31.9 Å². The van der Waals surface area contributed by atoms with Crippen LogP contribution in [0.25, 0.3) is 0 Å². The zero-order valence-electron chi connectivity index (χ0n) is 16.9. The van der Waals surface area contributed by atoms with Crippen LogP contribution in [0.5, 0.6) is 5.75 Å². The zero-order chi connectivity index (χ0) is 21.3. The minimum atomic E-state index is -0.780. The van der Waals surface area contributed by atoms with Crippen molar-refractivity contribution in [3.63, 3.8) is 0 Å². The first-order valence-electron chi connectivity index (χ1n) is 10.0. The fourth-order valence-electron chi connectivity index (χ4n) is 3.17. The number of pyridine rings is 1. The number of ether oxygens (including phenoxy) is 1. The van der Waals surface area contributed by atoms with Gasteiger partial charge in [-0.2, -0.15) is 0 Å². The first-order valence-corrected chi connectivity index (χ1v) is 10.4. The summed E-state index contributed by atoms with van der Waals surface area (Å²) in [7, 11) is 0. The molecule has 1 aromatic carbocycles. The molecule has 7 nitrogen and oxygen atoms in total. The van der Waals surface area contributed by atoms with Gasteiger partial charge in [0.1, 0.15) is 30.1 Å². The SMILES string of the molecule is CCNC(=NCC(O)COc1ccc(F)cc1)NC1CCN(c2ncccc2Cl)C1. The Morgan fingerprint density at radius 1 is 1.40 bits per heavy atom. The van der Waals surface area contributed by atoms with Gasteiger partial charge in [-0.25, -0.2) is 9.37 Å². The molecule has 0 spiro atoms. The monoisotopic (exact) mass is 435 g/mol. The van der Waals surface area contributed by atoms with Gasteiger partial charge in [0.15, 0.2) is 5.96 Å². The Kier molecular flexibility index (Phi) is 8.10. The highest BCUT2D eigenvalue weighted by molar-refractivity contribution is 6.32. The standard InChI is InChI=1S/C21H27ClFN5O2/c1-2-24-21(26-12-17(29)14-30-18-7-5-15(23)6-8-18)27-16-9-11-28(13-16)20-19(22)4-3-10-25-20/h3-8,10,16-17,29H,2,9,11-14H2,1H3,(H2,24,26,27). The van der Waals surface area contributed by atoms with E-state index in [1.807, 2.05) is 19.1 Å². The van der Waals surface area contributed by atoms with E-state index >= 15 is 0 Å². The molecule has 2 aromatic rings. The highest BCUT2D eigenvalue weighted by Gasteiger charge is 2.25. The molecule has 2 atom stereocenters. The predicted octanol–water partition coefficient (Wildman–Crippen LogP) is 2.45. The van der Waals surface area contributed by atoms with Gasteiger partial charge >= 0.3 is 0 Å². The molecule has 9 heteroatoms. The van der Waals surface area contributed by atoms with Crippen molar-refractivity contribution < 1.29 is 14.2 Å². The number of aliphatic hydroxyl groups is 1. The summed E-state index contributed by atoms with van der Waals surface area (Å²) in [6, 6.07) is 9.53. The molecule has 1 aromatic heterocycles. The van der Waals surface area contributed by atoms with Crippen molar-refractivity contribution in [3.05, 3.63) is 53.4 Å². The van der Waals surface area contributed by atoms with E-state index in [4.69, 9.17) is 16.3 Å². The fraction of sp³-hybridized carbons (Fsp3) is 0.429. The van der Waals surface area contributed by atoms with E-state index in [1.165, 1.54) is 24.3 Å². The van der Waals surface area contributed by atoms with Crippen LogP contribution in [0.1, 0.15) is 13.3 Å². The van der Waals surface area contributed by atoms with Crippen molar-refractivity contribution >= 4 is 23.4 Å². The minimum Gasteiger partial charge on any atom is -0.491 e. The van der Waals surface area contributed by atoms with Crippen LogP contribution >= 0.6 is 11.6 Å². The summed E-state index contributed by atoms with van der Waals surface area (Å²) in [6.07, 6.45) is 1.88. The molecule has 0 bridgehead atoms. The van der Waals surface area contributed by atoms with Crippen molar-refractivity contribution in [2.45, 2.75) is 25.5 Å². The largest absolute Gasteiger partial charge is 0.491 e. The zero-order valence-corrected chi connectivity index (χ0v) is 17.6. The average Bonchev–Trinajstić information content (AvgIpc) is 3.20. The lowest BCUT2D eigenvalue weighted by molar-refractivity contribution is 0.114. The topological polar surface area (TPSA) is 82.0 Å². The van der Waals surface area contributed by atoms with E-state index in [-0.39, 0.29) is 25.0 Å². The van der Waals surface area contributed by atoms with Crippen LogP contribution in [0.4, 0.5) is 10.2 Å². The molecule has 0 radical (unpaired) electrons. The third-order valence-corrected chi connectivity index (χ3v) is 4.92. The van der Waals surface area contributed by atoms with E-state index < -0.39 is 6.10 Å². The lowest BCUT2D eigenvalue weighted by Gasteiger charge is -2.20. The maximum atomic E-state index is 12.9. The number of rotatable bonds is 8. The molecule has 3 N–H and O–H groups in total. The molecule has 0 amide bonds. The lowest BCUT2D eigenvalue weighted by atomic mass is 10.3. The van der Waals surface area contributed by atoms with E-state index in [2.05, 4.69) is 25.5 Å². The molecule has 1 aliphatic heterocycles. The van der Waals surface area contributed by atoms with E-state index in [1.54, 1.807) is 6.20 Å². The first kappa shape index (κ1) is 22.1. The Morgan fingerprint density at radius 2 is 2.20 bits per heavy atom. The maximum absolute atomic E-state index is 12.9. The summed E-state index contributed by atoms with van der Waals surface area (Å²) in [5, 5.41) is 17.4. The molecular formula is C21H27ClFN5O2. The van der Waals surface area contributed by atoms with Crippen molar-refractivity contribution in [3.8, 4) is 5.75 Å². The second-order valence-electron chi connectivity index (χ2n) is 7.02. The number of aliphatic imine (C=N–C) groups is 1. The van der Waals surface area contributed by atoms with Gasteiger partial charge in [-0.15, -0.1) is 0 Å². The van der Waals surface area contributed by atoms with Gasteiger partial charge in [0.25, 0.3) is 0 Å². The number of aromatic nitrogens is 1. The number of anilines is 1. The quantitative estimate of drug-likeness (QED) is 0.436. The fourth-order valence-corrected chi connectivity index (χ4v) is 3.41. The predicted molar refractivity (Wildman–Crippen MR) is 117 cm³/mol. The Balaban J connectivity index is 1.49. The number of halogens is 2. The van der Waals surface area contributed by atoms with E-state index in [0.29, 0.717) is 23.3 Å². The van der Waals surface area contributed by atoms with Gasteiger partial charge in [-0.1, -0.05) is 11.6 Å². The Labute approximate surface area is 180 Å². The van der Waals surface area contributed by atoms with E-state index in [0.717, 1.165) is 25.3 Å². The van der Waals surface area contributed by atoms with Crippen molar-refractivity contribution in [2.75, 3.05) is 37.7 Å². The molecule has 2 heterocycles. The van der Waals surface area contributed by atoms with Crippen molar-refractivity contribution in [1.29, 1.82) is 0 Å². The van der Waals surface area contributed by atoms with Crippen LogP contribution < -0.4 is 20.3 Å². The summed E-state index contributed by atoms with van der Waals surface area (Å²) < 4.78 is 18.4. The third kappa shape index (κ3) is 6.47. The van der Waals surface area contributed by atoms with Gasteiger partial charge in [0.05, 0.1) is 11.6 Å². The summed E-state index contributed by atoms with van der Waals surface area (Å²) in [4.78, 5) is 11.0. The second-order valence-corrected chi connectivity index (χ2v) is 7.43. The number of hydrogen-bond acceptors (Lipinski definition) is 5. The highest BCUT2D eigenvalue weighted by Crippen LogP contribution is 2.25. The number of guanidine groups is 1. The van der Waals surface area contributed by atoms with Crippen molar-refractivity contribution in [1.82, 2.24) is 15.6 Å². The van der Waals surface area contributed by atoms with Crippen LogP contribution in [0.2, 0.25) is 5.02 Å². The molecule has 1 aliphatic rings. The van der Waals surface area contributed by atoms with Gasteiger partial charge in [-0.3, -0.25) is 4.99 Å². The second kappa shape index (κ2) is 11.0. The normalized spacial score (nSPS) is 17.7. The summed E-state index contributed by atoms with van der Waals surface area (Å²) in [6.45, 7) is 4.55. The van der Waals surface area contributed by atoms with Crippen LogP contribution in [0, 0.1) is 5.82 Å². The molecule has 3 rings (SSSR count). The molecule has 2 unspecified atom stereocenters. The van der Waals surface area contributed by atoms with Crippen molar-refractivity contribution in [2.24, 2.45) is 4.99 Å². The summed E-state index contributed by atoms with van der Waals surface area (Å²) in [5.41, 5.74) is 0. The van der Waals surface area contributed by atoms with E-state index in [9.17, 15) is 9.50 Å². The number of benzene rings is 1. The molecule has 1 fully saturated rings. The molecule has 0 saturated carbocycles. The molecule has 0 aliphatic carbocycles. The number of nitrogens with zero attached hydrogens (tertiary/aromatic N) is 3. The molecule has 1 saturated heterocycles. The lowest BCUT2D eigenvalue weighted by Crippen LogP contribution is -2.45. The molecule has 162 valence electrons. The van der Waals surface area contributed by atoms with Crippen LogP contribution in [-0.2, 0) is 0 Å².